The van der Waals surface area contributed by atoms with Crippen LogP contribution in [-0.2, 0) is 14.6 Å². The number of anilines is 2. The topological polar surface area (TPSA) is 103 Å². The number of hydrogen-bond acceptors (Lipinski definition) is 7. The van der Waals surface area contributed by atoms with Crippen molar-refractivity contribution < 1.29 is 27.4 Å². The van der Waals surface area contributed by atoms with Gasteiger partial charge >= 0.3 is 0 Å². The molecular formula is C22H19ClN2O6S. The Balaban J connectivity index is 1.54. The number of nitrogens with one attached hydrogen (secondary N) is 2. The molecule has 3 aromatic carbocycles. The third kappa shape index (κ3) is 4.44. The zero-order valence-electron chi connectivity index (χ0n) is 16.9. The quantitative estimate of drug-likeness (QED) is 0.534. The summed E-state index contributed by atoms with van der Waals surface area (Å²) in [5, 5.41) is 5.81. The number of carbonyl (C=O) groups excluding carboxylic acids is 1. The Kier molecular flexibility index (Phi) is 6.11. The van der Waals surface area contributed by atoms with Crippen molar-refractivity contribution >= 4 is 38.7 Å². The molecule has 0 fully saturated rings. The Morgan fingerprint density at radius 1 is 1.06 bits per heavy atom. The molecule has 0 aromatic heterocycles. The highest BCUT2D eigenvalue weighted by Gasteiger charge is 2.25. The second-order valence-corrected chi connectivity index (χ2v) is 9.13. The zero-order valence-corrected chi connectivity index (χ0v) is 18.5. The summed E-state index contributed by atoms with van der Waals surface area (Å²) in [6.07, 6.45) is 0. The Morgan fingerprint density at radius 3 is 2.56 bits per heavy atom. The molecule has 166 valence electrons. The van der Waals surface area contributed by atoms with Crippen molar-refractivity contribution in [3.8, 4) is 17.2 Å². The van der Waals surface area contributed by atoms with Crippen molar-refractivity contribution in [2.75, 3.05) is 31.1 Å². The van der Waals surface area contributed by atoms with E-state index >= 15 is 0 Å². The number of rotatable bonds is 7. The minimum Gasteiger partial charge on any atom is -0.493 e. The average molecular weight is 475 g/mol. The van der Waals surface area contributed by atoms with Crippen LogP contribution in [0.3, 0.4) is 0 Å². The Hall–Kier alpha value is -3.43. The monoisotopic (exact) mass is 474 g/mol. The van der Waals surface area contributed by atoms with Gasteiger partial charge in [0.1, 0.15) is 4.90 Å². The molecule has 0 aliphatic carbocycles. The van der Waals surface area contributed by atoms with E-state index in [4.69, 9.17) is 25.8 Å². The van der Waals surface area contributed by atoms with Gasteiger partial charge in [-0.1, -0.05) is 29.8 Å². The van der Waals surface area contributed by atoms with Gasteiger partial charge in [0.25, 0.3) is 0 Å². The second-order valence-electron chi connectivity index (χ2n) is 6.77. The van der Waals surface area contributed by atoms with Crippen LogP contribution < -0.4 is 24.8 Å². The fourth-order valence-corrected chi connectivity index (χ4v) is 4.96. The lowest BCUT2D eigenvalue weighted by Gasteiger charge is -2.16. The molecule has 2 N–H and O–H groups in total. The number of benzene rings is 3. The Morgan fingerprint density at radius 2 is 1.81 bits per heavy atom. The van der Waals surface area contributed by atoms with Crippen LogP contribution in [0.15, 0.2) is 70.5 Å². The maximum atomic E-state index is 13.1. The van der Waals surface area contributed by atoms with Crippen molar-refractivity contribution in [1.82, 2.24) is 0 Å². The molecule has 8 nitrogen and oxygen atoms in total. The van der Waals surface area contributed by atoms with E-state index in [1.54, 1.807) is 36.4 Å². The van der Waals surface area contributed by atoms with E-state index in [0.717, 1.165) is 0 Å². The summed E-state index contributed by atoms with van der Waals surface area (Å²) < 4.78 is 42.2. The summed E-state index contributed by atoms with van der Waals surface area (Å²) in [4.78, 5) is 12.4. The fourth-order valence-electron chi connectivity index (χ4n) is 3.19. The molecule has 10 heteroatoms. The average Bonchev–Trinajstić information content (AvgIpc) is 3.26. The Labute approximate surface area is 190 Å². The first-order valence-electron chi connectivity index (χ1n) is 9.49. The van der Waals surface area contributed by atoms with Crippen LogP contribution in [0.4, 0.5) is 11.4 Å². The number of hydrogen-bond donors (Lipinski definition) is 2. The third-order valence-corrected chi connectivity index (χ3v) is 6.66. The lowest BCUT2D eigenvalue weighted by Crippen LogP contribution is -2.22. The molecule has 0 radical (unpaired) electrons. The predicted octanol–water partition coefficient (Wildman–Crippen LogP) is 3.96. The number of halogens is 1. The molecule has 3 aromatic rings. The molecule has 0 saturated carbocycles. The smallest absolute Gasteiger partial charge is 0.243 e. The van der Waals surface area contributed by atoms with Gasteiger partial charge in [0.15, 0.2) is 17.2 Å². The highest BCUT2D eigenvalue weighted by Crippen LogP contribution is 2.38. The van der Waals surface area contributed by atoms with Gasteiger partial charge in [0.2, 0.25) is 22.5 Å². The standard InChI is InChI=1S/C22H19ClN2O6S/c1-29-22-17(9-14(23)10-20(22)32(27,28)16-5-3-2-4-6-16)24-12-21(26)25-15-7-8-18-19(11-15)31-13-30-18/h2-11,24H,12-13H2,1H3,(H,25,26). The third-order valence-electron chi connectivity index (χ3n) is 4.66. The van der Waals surface area contributed by atoms with E-state index in [2.05, 4.69) is 10.6 Å². The van der Waals surface area contributed by atoms with Crippen LogP contribution in [0.5, 0.6) is 17.2 Å². The van der Waals surface area contributed by atoms with E-state index < -0.39 is 9.84 Å². The van der Waals surface area contributed by atoms with E-state index in [0.29, 0.717) is 17.2 Å². The molecule has 0 unspecified atom stereocenters. The molecule has 0 saturated heterocycles. The van der Waals surface area contributed by atoms with E-state index in [9.17, 15) is 13.2 Å². The minimum atomic E-state index is -3.90. The predicted molar refractivity (Wildman–Crippen MR) is 120 cm³/mol. The van der Waals surface area contributed by atoms with Crippen LogP contribution >= 0.6 is 11.6 Å². The molecule has 1 aliphatic heterocycles. The first-order chi connectivity index (χ1) is 15.4. The van der Waals surface area contributed by atoms with E-state index in [-0.39, 0.29) is 45.5 Å². The summed E-state index contributed by atoms with van der Waals surface area (Å²) in [5.74, 6) is 0.854. The van der Waals surface area contributed by atoms with Crippen LogP contribution in [0, 0.1) is 0 Å². The second kappa shape index (κ2) is 8.97. The largest absolute Gasteiger partial charge is 0.493 e. The fraction of sp³-hybridized carbons (Fsp3) is 0.136. The Bertz CT molecular complexity index is 1260. The van der Waals surface area contributed by atoms with Crippen LogP contribution in [-0.4, -0.2) is 34.8 Å². The van der Waals surface area contributed by atoms with Gasteiger partial charge in [-0.25, -0.2) is 8.42 Å². The molecule has 1 aliphatic rings. The van der Waals surface area contributed by atoms with Gasteiger partial charge in [-0.15, -0.1) is 0 Å². The molecular weight excluding hydrogens is 456 g/mol. The van der Waals surface area contributed by atoms with Crippen LogP contribution in [0.1, 0.15) is 0 Å². The minimum absolute atomic E-state index is 0.0640. The van der Waals surface area contributed by atoms with Crippen LogP contribution in [0.2, 0.25) is 5.02 Å². The van der Waals surface area contributed by atoms with Crippen molar-refractivity contribution in [2.24, 2.45) is 0 Å². The highest BCUT2D eigenvalue weighted by atomic mass is 35.5. The molecule has 0 spiro atoms. The molecule has 1 amide bonds. The highest BCUT2D eigenvalue weighted by molar-refractivity contribution is 7.91. The number of carbonyl (C=O) groups is 1. The van der Waals surface area contributed by atoms with E-state index in [1.807, 2.05) is 0 Å². The normalized spacial score (nSPS) is 12.3. The summed E-state index contributed by atoms with van der Waals surface area (Å²) >= 11 is 6.19. The SMILES string of the molecule is COc1c(NCC(=O)Nc2ccc3c(c2)OCO3)cc(Cl)cc1S(=O)(=O)c1ccccc1. The van der Waals surface area contributed by atoms with Crippen molar-refractivity contribution in [3.63, 3.8) is 0 Å². The van der Waals surface area contributed by atoms with Gasteiger partial charge in [0.05, 0.1) is 24.2 Å². The van der Waals surface area contributed by atoms with Gasteiger partial charge in [-0.3, -0.25) is 4.79 Å². The van der Waals surface area contributed by atoms with Gasteiger partial charge < -0.3 is 24.8 Å². The van der Waals surface area contributed by atoms with Gasteiger partial charge in [-0.2, -0.15) is 0 Å². The summed E-state index contributed by atoms with van der Waals surface area (Å²) in [6, 6.07) is 15.8. The number of ether oxygens (including phenoxy) is 3. The maximum absolute atomic E-state index is 13.1. The first kappa shape index (κ1) is 21.8. The number of sulfone groups is 1. The molecule has 32 heavy (non-hydrogen) atoms. The van der Waals surface area contributed by atoms with Crippen LogP contribution in [0.25, 0.3) is 0 Å². The molecule has 1 heterocycles. The maximum Gasteiger partial charge on any atom is 0.243 e. The molecule has 0 bridgehead atoms. The lowest BCUT2D eigenvalue weighted by molar-refractivity contribution is -0.114. The first-order valence-corrected chi connectivity index (χ1v) is 11.4. The van der Waals surface area contributed by atoms with E-state index in [1.165, 1.54) is 31.4 Å². The zero-order chi connectivity index (χ0) is 22.7. The van der Waals surface area contributed by atoms with Crippen molar-refractivity contribution in [3.05, 3.63) is 65.7 Å². The van der Waals surface area contributed by atoms with Gasteiger partial charge in [-0.05, 0) is 36.4 Å². The molecule has 0 atom stereocenters. The number of amides is 1. The number of fused-ring (bicyclic) bond motifs is 1. The van der Waals surface area contributed by atoms with Crippen molar-refractivity contribution in [1.29, 1.82) is 0 Å². The van der Waals surface area contributed by atoms with Gasteiger partial charge in [0, 0.05) is 16.8 Å². The summed E-state index contributed by atoms with van der Waals surface area (Å²) in [5.41, 5.74) is 0.807. The number of methoxy groups -OCH3 is 1. The summed E-state index contributed by atoms with van der Waals surface area (Å²) in [7, 11) is -2.54. The lowest BCUT2D eigenvalue weighted by atomic mass is 10.2. The molecule has 4 rings (SSSR count). The van der Waals surface area contributed by atoms with Crippen molar-refractivity contribution in [2.45, 2.75) is 9.79 Å². The summed E-state index contributed by atoms with van der Waals surface area (Å²) in [6.45, 7) is -0.0208.